The van der Waals surface area contributed by atoms with Gasteiger partial charge in [0.05, 0.1) is 12.2 Å². The number of nitrogens with one attached hydrogen (secondary N) is 1. The molecular formula is C20H30N4O4S2. The van der Waals surface area contributed by atoms with Gasteiger partial charge in [-0.1, -0.05) is 0 Å². The molecular weight excluding hydrogens is 424 g/mol. The van der Waals surface area contributed by atoms with Crippen molar-refractivity contribution in [3.8, 4) is 0 Å². The molecule has 0 atom stereocenters. The minimum atomic E-state index is -3.88. The highest BCUT2D eigenvalue weighted by atomic mass is 32.3. The van der Waals surface area contributed by atoms with E-state index in [1.54, 1.807) is 0 Å². The summed E-state index contributed by atoms with van der Waals surface area (Å²) in [6.07, 6.45) is 11.1. The van der Waals surface area contributed by atoms with E-state index in [0.717, 1.165) is 41.9 Å². The van der Waals surface area contributed by atoms with E-state index in [-0.39, 0.29) is 13.1 Å². The summed E-state index contributed by atoms with van der Waals surface area (Å²) >= 11 is 0. The minimum absolute atomic E-state index is 0.0990. The van der Waals surface area contributed by atoms with Crippen molar-refractivity contribution in [2.45, 2.75) is 51.5 Å². The van der Waals surface area contributed by atoms with Crippen molar-refractivity contribution in [2.24, 2.45) is 23.2 Å². The van der Waals surface area contributed by atoms with Crippen molar-refractivity contribution < 1.29 is 16.8 Å². The molecule has 4 bridgehead atoms. The van der Waals surface area contributed by atoms with Gasteiger partial charge in [-0.05, 0) is 68.1 Å². The average Bonchev–Trinajstić information content (AvgIpc) is 2.63. The monoisotopic (exact) mass is 454 g/mol. The Morgan fingerprint density at radius 3 is 2.30 bits per heavy atom. The molecule has 5 aliphatic rings. The first-order valence-electron chi connectivity index (χ1n) is 10.8. The number of nitrogens with zero attached hydrogens (tertiary/aromatic N) is 3. The van der Waals surface area contributed by atoms with Gasteiger partial charge in [-0.15, -0.1) is 0 Å². The molecule has 2 heterocycles. The molecule has 4 aliphatic carbocycles. The van der Waals surface area contributed by atoms with E-state index in [4.69, 9.17) is 0 Å². The lowest BCUT2D eigenvalue weighted by Crippen LogP contribution is -2.49. The zero-order chi connectivity index (χ0) is 21.1. The van der Waals surface area contributed by atoms with Gasteiger partial charge in [-0.3, -0.25) is 0 Å². The van der Waals surface area contributed by atoms with Crippen LogP contribution in [0.1, 0.15) is 49.8 Å². The predicted octanol–water partition coefficient (Wildman–Crippen LogP) is 1.79. The molecule has 0 aromatic carbocycles. The second-order valence-electron chi connectivity index (χ2n) is 10.2. The van der Waals surface area contributed by atoms with Crippen LogP contribution in [-0.2, 0) is 32.8 Å². The largest absolute Gasteiger partial charge is 0.369 e. The number of sulfonamides is 1. The summed E-state index contributed by atoms with van der Waals surface area (Å²) in [4.78, 5) is 8.78. The summed E-state index contributed by atoms with van der Waals surface area (Å²) in [5.74, 6) is 3.50. The first kappa shape index (κ1) is 20.6. The van der Waals surface area contributed by atoms with E-state index in [1.165, 1.54) is 49.2 Å². The van der Waals surface area contributed by atoms with Crippen molar-refractivity contribution in [2.75, 3.05) is 29.7 Å². The first-order chi connectivity index (χ1) is 14.1. The molecule has 6 rings (SSSR count). The van der Waals surface area contributed by atoms with Crippen molar-refractivity contribution in [1.82, 2.24) is 14.3 Å². The SMILES string of the molecule is CS(=O)(=O)CS(=O)(=O)N1CCc2c(ncnc2NCC23CC4CC(CC(C4)C2)C3)C1. The molecule has 1 aliphatic heterocycles. The highest BCUT2D eigenvalue weighted by Gasteiger charge is 2.50. The standard InChI is InChI=1S/C20H30N4O4S2/c1-29(25,26)13-30(27,28)24-3-2-17-18(10-24)22-12-23-19(17)21-11-20-7-14-4-15(8-20)6-16(5-14)9-20/h12,14-16H,2-11,13H2,1H3,(H,21,22,23). The second kappa shape index (κ2) is 7.13. The Morgan fingerprint density at radius 2 is 1.70 bits per heavy atom. The summed E-state index contributed by atoms with van der Waals surface area (Å²) in [7, 11) is -7.50. The van der Waals surface area contributed by atoms with Gasteiger partial charge in [0.25, 0.3) is 0 Å². The maximum atomic E-state index is 12.5. The number of rotatable bonds is 6. The van der Waals surface area contributed by atoms with Crippen LogP contribution in [0.25, 0.3) is 0 Å². The zero-order valence-corrected chi connectivity index (χ0v) is 19.0. The van der Waals surface area contributed by atoms with Crippen LogP contribution in [0.15, 0.2) is 6.33 Å². The molecule has 4 saturated carbocycles. The molecule has 1 aromatic heterocycles. The van der Waals surface area contributed by atoms with E-state index in [2.05, 4.69) is 15.3 Å². The smallest absolute Gasteiger partial charge is 0.228 e. The van der Waals surface area contributed by atoms with E-state index in [1.807, 2.05) is 0 Å². The van der Waals surface area contributed by atoms with Gasteiger partial charge < -0.3 is 5.32 Å². The zero-order valence-electron chi connectivity index (χ0n) is 17.4. The van der Waals surface area contributed by atoms with Crippen LogP contribution in [0.3, 0.4) is 0 Å². The lowest BCUT2D eigenvalue weighted by molar-refractivity contribution is -0.0444. The normalized spacial score (nSPS) is 33.4. The maximum Gasteiger partial charge on any atom is 0.228 e. The van der Waals surface area contributed by atoms with Gasteiger partial charge in [0.15, 0.2) is 14.9 Å². The summed E-state index contributed by atoms with van der Waals surface area (Å²) in [5.41, 5.74) is 2.01. The van der Waals surface area contributed by atoms with E-state index < -0.39 is 24.9 Å². The van der Waals surface area contributed by atoms with Crippen LogP contribution in [0.5, 0.6) is 0 Å². The fourth-order valence-electron chi connectivity index (χ4n) is 6.84. The number of aromatic nitrogens is 2. The Kier molecular flexibility index (Phi) is 4.90. The van der Waals surface area contributed by atoms with Crippen molar-refractivity contribution in [3.63, 3.8) is 0 Å². The third-order valence-corrected chi connectivity index (χ3v) is 11.5. The Morgan fingerprint density at radius 1 is 1.07 bits per heavy atom. The van der Waals surface area contributed by atoms with Crippen LogP contribution in [0, 0.1) is 23.2 Å². The summed E-state index contributed by atoms with van der Waals surface area (Å²) in [6, 6.07) is 0. The van der Waals surface area contributed by atoms with E-state index >= 15 is 0 Å². The highest BCUT2D eigenvalue weighted by Crippen LogP contribution is 2.59. The molecule has 0 saturated heterocycles. The summed E-state index contributed by atoms with van der Waals surface area (Å²) < 4.78 is 49.2. The number of hydrogen-bond donors (Lipinski definition) is 1. The second-order valence-corrected chi connectivity index (χ2v) is 14.6. The summed E-state index contributed by atoms with van der Waals surface area (Å²) in [6.45, 7) is 1.28. The first-order valence-corrected chi connectivity index (χ1v) is 14.5. The van der Waals surface area contributed by atoms with Gasteiger partial charge in [-0.2, -0.15) is 4.31 Å². The fourth-order valence-corrected chi connectivity index (χ4v) is 10.3. The Hall–Kier alpha value is -1.26. The van der Waals surface area contributed by atoms with Gasteiger partial charge in [-0.25, -0.2) is 26.8 Å². The van der Waals surface area contributed by atoms with Crippen LogP contribution in [0.4, 0.5) is 5.82 Å². The van der Waals surface area contributed by atoms with Crippen molar-refractivity contribution in [3.05, 3.63) is 17.6 Å². The molecule has 1 N–H and O–H groups in total. The van der Waals surface area contributed by atoms with E-state index in [9.17, 15) is 16.8 Å². The van der Waals surface area contributed by atoms with Crippen LogP contribution < -0.4 is 5.32 Å². The topological polar surface area (TPSA) is 109 Å². The quantitative estimate of drug-likeness (QED) is 0.698. The third kappa shape index (κ3) is 3.98. The van der Waals surface area contributed by atoms with Gasteiger partial charge in [0.2, 0.25) is 10.0 Å². The highest BCUT2D eigenvalue weighted by molar-refractivity contribution is 8.06. The van der Waals surface area contributed by atoms with Crippen molar-refractivity contribution >= 4 is 25.7 Å². The summed E-state index contributed by atoms with van der Waals surface area (Å²) in [5, 5.41) is 2.74. The van der Waals surface area contributed by atoms with Crippen LogP contribution in [-0.4, -0.2) is 55.5 Å². The predicted molar refractivity (Wildman–Crippen MR) is 114 cm³/mol. The number of sulfone groups is 1. The maximum absolute atomic E-state index is 12.5. The molecule has 0 unspecified atom stereocenters. The van der Waals surface area contributed by atoms with E-state index in [0.29, 0.717) is 17.5 Å². The molecule has 8 nitrogen and oxygen atoms in total. The number of hydrogen-bond acceptors (Lipinski definition) is 7. The Labute approximate surface area is 178 Å². The van der Waals surface area contributed by atoms with Gasteiger partial charge in [0, 0.05) is 24.9 Å². The molecule has 0 radical (unpaired) electrons. The Balaban J connectivity index is 1.30. The molecule has 1 aromatic rings. The molecule has 10 heteroatoms. The van der Waals surface area contributed by atoms with Crippen molar-refractivity contribution in [1.29, 1.82) is 0 Å². The lowest BCUT2D eigenvalue weighted by Gasteiger charge is -2.57. The Bertz CT molecular complexity index is 1020. The molecule has 0 amide bonds. The third-order valence-electron chi connectivity index (χ3n) is 7.52. The van der Waals surface area contributed by atoms with Crippen LogP contribution in [0.2, 0.25) is 0 Å². The average molecular weight is 455 g/mol. The minimum Gasteiger partial charge on any atom is -0.369 e. The number of fused-ring (bicyclic) bond motifs is 1. The number of anilines is 1. The van der Waals surface area contributed by atoms with Gasteiger partial charge >= 0.3 is 0 Å². The van der Waals surface area contributed by atoms with Gasteiger partial charge in [0.1, 0.15) is 12.1 Å². The molecule has 30 heavy (non-hydrogen) atoms. The van der Waals surface area contributed by atoms with Crippen LogP contribution >= 0.6 is 0 Å². The molecule has 166 valence electrons. The molecule has 4 fully saturated rings. The lowest BCUT2D eigenvalue weighted by atomic mass is 9.49. The fraction of sp³-hybridized carbons (Fsp3) is 0.800. The molecule has 0 spiro atoms.